The lowest BCUT2D eigenvalue weighted by atomic mass is 10.0. The highest BCUT2D eigenvalue weighted by Crippen LogP contribution is 2.25. The summed E-state index contributed by atoms with van der Waals surface area (Å²) in [5, 5.41) is 8.03. The summed E-state index contributed by atoms with van der Waals surface area (Å²) in [5.41, 5.74) is 4.20. The van der Waals surface area contributed by atoms with E-state index in [0.29, 0.717) is 36.2 Å². The number of carbonyl (C=O) groups excluding carboxylic acids is 2. The second-order valence-corrected chi connectivity index (χ2v) is 12.8. The predicted molar refractivity (Wildman–Crippen MR) is 180 cm³/mol. The summed E-state index contributed by atoms with van der Waals surface area (Å²) in [6.07, 6.45) is 0.412. The molecule has 4 heterocycles. The zero-order valence-corrected chi connectivity index (χ0v) is 27.3. The molecule has 2 aliphatic rings. The average molecular weight is 687 g/mol. The van der Waals surface area contributed by atoms with Gasteiger partial charge in [-0.1, -0.05) is 24.3 Å². The fraction of sp³-hybridized carbons (Fsp3) is 0.324. The van der Waals surface area contributed by atoms with Gasteiger partial charge in [0.1, 0.15) is 11.3 Å². The molecule has 0 radical (unpaired) electrons. The smallest absolute Gasteiger partial charge is 0.451 e. The Labute approximate surface area is 287 Å². The molecule has 0 bridgehead atoms. The van der Waals surface area contributed by atoms with Gasteiger partial charge in [-0.05, 0) is 78.6 Å². The summed E-state index contributed by atoms with van der Waals surface area (Å²) in [6, 6.07) is 23.0. The topological polar surface area (TPSA) is 96.1 Å². The summed E-state index contributed by atoms with van der Waals surface area (Å²) in [7, 11) is 0. The lowest BCUT2D eigenvalue weighted by molar-refractivity contribution is -0.274. The van der Waals surface area contributed by atoms with Gasteiger partial charge in [-0.2, -0.15) is 5.10 Å². The number of hydrogen-bond donors (Lipinski definition) is 1. The van der Waals surface area contributed by atoms with Crippen LogP contribution < -0.4 is 10.1 Å². The number of fused-ring (bicyclic) bond motifs is 1. The van der Waals surface area contributed by atoms with Gasteiger partial charge >= 0.3 is 6.36 Å². The Morgan fingerprint density at radius 3 is 2.14 bits per heavy atom. The van der Waals surface area contributed by atoms with Crippen LogP contribution in [0.1, 0.15) is 44.9 Å². The molecule has 0 spiro atoms. The van der Waals surface area contributed by atoms with Crippen molar-refractivity contribution >= 4 is 22.8 Å². The van der Waals surface area contributed by atoms with Crippen molar-refractivity contribution in [2.45, 2.75) is 38.3 Å². The van der Waals surface area contributed by atoms with Crippen LogP contribution in [-0.4, -0.2) is 88.0 Å². The monoisotopic (exact) mass is 686 g/mol. The quantitative estimate of drug-likeness (QED) is 0.207. The first kappa shape index (κ1) is 33.4. The lowest BCUT2D eigenvalue weighted by Crippen LogP contribution is -2.48. The number of rotatable bonds is 9. The van der Waals surface area contributed by atoms with E-state index >= 15 is 0 Å². The van der Waals surface area contributed by atoms with Crippen molar-refractivity contribution in [3.8, 4) is 11.4 Å². The van der Waals surface area contributed by atoms with E-state index in [-0.39, 0.29) is 29.4 Å². The Morgan fingerprint density at radius 2 is 1.50 bits per heavy atom. The SMILES string of the molecule is O=C(NC1CCN(Cc2ccc(OC(F)(F)F)cc2)CC1)c1cc2cc(C(=O)N3CCN(Cc4ccc(-n5cccn5)cc4)CC3)ccc2o1. The summed E-state index contributed by atoms with van der Waals surface area (Å²) < 4.78 is 48.9. The first-order valence-electron chi connectivity index (χ1n) is 16.7. The van der Waals surface area contributed by atoms with Gasteiger partial charge in [0.05, 0.1) is 5.69 Å². The molecule has 0 saturated carbocycles. The third-order valence-electron chi connectivity index (χ3n) is 9.24. The first-order chi connectivity index (χ1) is 24.1. The molecule has 2 aromatic heterocycles. The van der Waals surface area contributed by atoms with Gasteiger partial charge in [0.15, 0.2) is 5.76 Å². The highest BCUT2D eigenvalue weighted by Gasteiger charge is 2.31. The number of nitrogens with one attached hydrogen (secondary N) is 1. The largest absolute Gasteiger partial charge is 0.573 e. The molecule has 50 heavy (non-hydrogen) atoms. The molecule has 1 N–H and O–H groups in total. The van der Waals surface area contributed by atoms with Crippen molar-refractivity contribution in [1.82, 2.24) is 29.8 Å². The van der Waals surface area contributed by atoms with E-state index in [2.05, 4.69) is 49.2 Å². The van der Waals surface area contributed by atoms with Crippen molar-refractivity contribution < 1.29 is 31.9 Å². The standard InChI is InChI=1S/C37H37F3N6O4/c38-37(39,40)50-32-9-4-27(5-10-32)24-43-16-12-30(13-17-43)42-35(47)34-23-29-22-28(6-11-33(29)49-34)36(48)45-20-18-44(19-21-45)25-26-2-7-31(8-3-26)46-15-1-14-41-46/h1-11,14-15,22-23,30H,12-13,16-21,24-25H2,(H,42,47). The Bertz CT molecular complexity index is 1910. The maximum Gasteiger partial charge on any atom is 0.573 e. The van der Waals surface area contributed by atoms with Crippen LogP contribution in [0.2, 0.25) is 0 Å². The van der Waals surface area contributed by atoms with Crippen molar-refractivity contribution in [2.75, 3.05) is 39.3 Å². The van der Waals surface area contributed by atoms with E-state index in [1.807, 2.05) is 21.8 Å². The number of amides is 2. The van der Waals surface area contributed by atoms with Crippen molar-refractivity contribution in [3.63, 3.8) is 0 Å². The van der Waals surface area contributed by atoms with Crippen molar-refractivity contribution in [3.05, 3.63) is 114 Å². The number of furan rings is 1. The predicted octanol–water partition coefficient (Wildman–Crippen LogP) is 5.87. The molecule has 2 amide bonds. The van der Waals surface area contributed by atoms with Crippen LogP contribution in [0.5, 0.6) is 5.75 Å². The van der Waals surface area contributed by atoms with Crippen molar-refractivity contribution in [1.29, 1.82) is 0 Å². The molecule has 13 heteroatoms. The van der Waals surface area contributed by atoms with E-state index in [1.54, 1.807) is 42.6 Å². The van der Waals surface area contributed by atoms with Crippen LogP contribution in [0.3, 0.4) is 0 Å². The fourth-order valence-corrected chi connectivity index (χ4v) is 6.56. The van der Waals surface area contributed by atoms with Crippen LogP contribution in [0, 0.1) is 0 Å². The molecular weight excluding hydrogens is 649 g/mol. The second-order valence-electron chi connectivity index (χ2n) is 12.8. The number of piperazine rings is 1. The molecule has 2 fully saturated rings. The highest BCUT2D eigenvalue weighted by molar-refractivity contribution is 6.00. The zero-order chi connectivity index (χ0) is 34.7. The number of benzene rings is 3. The van der Waals surface area contributed by atoms with Crippen LogP contribution in [0.25, 0.3) is 16.7 Å². The molecule has 5 aromatic rings. The minimum absolute atomic E-state index is 0.0354. The van der Waals surface area contributed by atoms with Gasteiger partial charge in [0.2, 0.25) is 0 Å². The summed E-state index contributed by atoms with van der Waals surface area (Å²) in [4.78, 5) is 32.9. The summed E-state index contributed by atoms with van der Waals surface area (Å²) >= 11 is 0. The van der Waals surface area contributed by atoms with Gasteiger partial charge in [-0.25, -0.2) is 4.68 Å². The van der Waals surface area contributed by atoms with E-state index < -0.39 is 6.36 Å². The Balaban J connectivity index is 0.871. The third-order valence-corrected chi connectivity index (χ3v) is 9.24. The normalized spacial score (nSPS) is 16.5. The Hall–Kier alpha value is -5.14. The second kappa shape index (κ2) is 14.4. The molecule has 0 atom stereocenters. The van der Waals surface area contributed by atoms with Crippen LogP contribution in [0.4, 0.5) is 13.2 Å². The molecule has 0 unspecified atom stereocenters. The number of hydrogen-bond acceptors (Lipinski definition) is 7. The van der Waals surface area contributed by atoms with E-state index in [9.17, 15) is 22.8 Å². The van der Waals surface area contributed by atoms with Gasteiger partial charge in [0, 0.05) is 81.7 Å². The number of halogens is 3. The number of alkyl halides is 3. The number of ether oxygens (including phenoxy) is 1. The molecule has 7 rings (SSSR count). The van der Waals surface area contributed by atoms with Gasteiger partial charge in [0.25, 0.3) is 11.8 Å². The van der Waals surface area contributed by atoms with Crippen LogP contribution >= 0.6 is 0 Å². The number of aromatic nitrogens is 2. The average Bonchev–Trinajstić information content (AvgIpc) is 3.81. The van der Waals surface area contributed by atoms with Crippen LogP contribution in [-0.2, 0) is 13.1 Å². The third kappa shape index (κ3) is 8.17. The maximum absolute atomic E-state index is 13.4. The van der Waals surface area contributed by atoms with Crippen molar-refractivity contribution in [2.24, 2.45) is 0 Å². The van der Waals surface area contributed by atoms with Gasteiger partial charge in [-0.15, -0.1) is 13.2 Å². The number of nitrogens with zero attached hydrogens (tertiary/aromatic N) is 5. The van der Waals surface area contributed by atoms with Gasteiger partial charge in [-0.3, -0.25) is 19.4 Å². The van der Waals surface area contributed by atoms with Crippen LogP contribution in [0.15, 0.2) is 95.7 Å². The van der Waals surface area contributed by atoms with E-state index in [0.717, 1.165) is 56.8 Å². The highest BCUT2D eigenvalue weighted by atomic mass is 19.4. The summed E-state index contributed by atoms with van der Waals surface area (Å²) in [5.74, 6) is -0.398. The van der Waals surface area contributed by atoms with E-state index in [4.69, 9.17) is 4.42 Å². The minimum atomic E-state index is -4.72. The van der Waals surface area contributed by atoms with E-state index in [1.165, 1.54) is 17.7 Å². The summed E-state index contributed by atoms with van der Waals surface area (Å²) in [6.45, 7) is 5.67. The molecular formula is C37H37F3N6O4. The molecule has 0 aliphatic carbocycles. The zero-order valence-electron chi connectivity index (χ0n) is 27.3. The lowest BCUT2D eigenvalue weighted by Gasteiger charge is -2.34. The number of carbonyl (C=O) groups is 2. The Kier molecular flexibility index (Phi) is 9.59. The molecule has 10 nitrogen and oxygen atoms in total. The maximum atomic E-state index is 13.4. The molecule has 2 saturated heterocycles. The molecule has 260 valence electrons. The fourth-order valence-electron chi connectivity index (χ4n) is 6.56. The Morgan fingerprint density at radius 1 is 0.840 bits per heavy atom. The number of likely N-dealkylation sites (tertiary alicyclic amines) is 1. The molecule has 3 aromatic carbocycles. The molecule has 2 aliphatic heterocycles. The minimum Gasteiger partial charge on any atom is -0.451 e. The first-order valence-corrected chi connectivity index (χ1v) is 16.7. The number of piperidine rings is 1. The van der Waals surface area contributed by atoms with Gasteiger partial charge < -0.3 is 19.4 Å².